The Kier molecular flexibility index (Phi) is 5.88. The van der Waals surface area contributed by atoms with Crippen LogP contribution in [-0.2, 0) is 4.79 Å². The Labute approximate surface area is 131 Å². The van der Waals surface area contributed by atoms with Gasteiger partial charge in [0.05, 0.1) is 17.9 Å². The molecule has 1 saturated heterocycles. The van der Waals surface area contributed by atoms with E-state index in [4.69, 9.17) is 17.3 Å². The van der Waals surface area contributed by atoms with E-state index in [1.54, 1.807) is 18.2 Å². The number of nitrogens with zero attached hydrogens (tertiary/aromatic N) is 1. The van der Waals surface area contributed by atoms with Crippen molar-refractivity contribution in [1.82, 2.24) is 4.90 Å². The van der Waals surface area contributed by atoms with Gasteiger partial charge in [0, 0.05) is 5.02 Å². The summed E-state index contributed by atoms with van der Waals surface area (Å²) in [5.41, 5.74) is 6.96. The van der Waals surface area contributed by atoms with Gasteiger partial charge in [0.1, 0.15) is 0 Å². The van der Waals surface area contributed by atoms with Crippen LogP contribution < -0.4 is 11.1 Å². The summed E-state index contributed by atoms with van der Waals surface area (Å²) in [4.78, 5) is 14.3. The molecule has 1 heterocycles. The Morgan fingerprint density at radius 1 is 1.43 bits per heavy atom. The highest BCUT2D eigenvalue weighted by molar-refractivity contribution is 6.31. The van der Waals surface area contributed by atoms with E-state index in [2.05, 4.69) is 17.1 Å². The van der Waals surface area contributed by atoms with E-state index >= 15 is 0 Å². The van der Waals surface area contributed by atoms with E-state index in [9.17, 15) is 4.79 Å². The minimum Gasteiger partial charge on any atom is -0.397 e. The number of rotatable bonds is 5. The molecule has 1 fully saturated rings. The molecule has 0 radical (unpaired) electrons. The second-order valence-electron chi connectivity index (χ2n) is 5.79. The fourth-order valence-electron chi connectivity index (χ4n) is 2.87. The van der Waals surface area contributed by atoms with Gasteiger partial charge in [-0.2, -0.15) is 0 Å². The van der Waals surface area contributed by atoms with Crippen LogP contribution in [0.15, 0.2) is 18.2 Å². The number of nitrogens with two attached hydrogens (primary N) is 1. The number of carbonyl (C=O) groups is 1. The van der Waals surface area contributed by atoms with Crippen LogP contribution in [0, 0.1) is 5.92 Å². The van der Waals surface area contributed by atoms with Crippen molar-refractivity contribution in [2.45, 2.75) is 32.6 Å². The smallest absolute Gasteiger partial charge is 0.238 e. The number of anilines is 2. The maximum atomic E-state index is 12.1. The first-order valence-electron chi connectivity index (χ1n) is 7.65. The second kappa shape index (κ2) is 7.66. The van der Waals surface area contributed by atoms with E-state index < -0.39 is 0 Å². The Morgan fingerprint density at radius 3 is 2.81 bits per heavy atom. The van der Waals surface area contributed by atoms with Gasteiger partial charge in [0.25, 0.3) is 0 Å². The molecule has 3 N–H and O–H groups in total. The summed E-state index contributed by atoms with van der Waals surface area (Å²) in [5.74, 6) is 0.802. The van der Waals surface area contributed by atoms with E-state index in [0.29, 0.717) is 22.9 Å². The molecular weight excluding hydrogens is 286 g/mol. The number of amides is 1. The highest BCUT2D eigenvalue weighted by Gasteiger charge is 2.20. The van der Waals surface area contributed by atoms with Crippen LogP contribution in [0.1, 0.15) is 32.6 Å². The lowest BCUT2D eigenvalue weighted by Crippen LogP contribution is -2.39. The molecule has 1 amide bonds. The summed E-state index contributed by atoms with van der Waals surface area (Å²) < 4.78 is 0. The molecule has 2 rings (SSSR count). The third kappa shape index (κ3) is 4.90. The van der Waals surface area contributed by atoms with Gasteiger partial charge in [0.15, 0.2) is 0 Å². The van der Waals surface area contributed by atoms with Crippen LogP contribution in [0.2, 0.25) is 5.02 Å². The molecule has 0 saturated carbocycles. The monoisotopic (exact) mass is 309 g/mol. The van der Waals surface area contributed by atoms with Crippen molar-refractivity contribution in [1.29, 1.82) is 0 Å². The predicted molar refractivity (Wildman–Crippen MR) is 88.6 cm³/mol. The normalized spacial score (nSPS) is 16.9. The van der Waals surface area contributed by atoms with Crippen LogP contribution in [0.5, 0.6) is 0 Å². The number of carbonyl (C=O) groups excluding carboxylic acids is 1. The highest BCUT2D eigenvalue weighted by atomic mass is 35.5. The van der Waals surface area contributed by atoms with Gasteiger partial charge >= 0.3 is 0 Å². The molecule has 0 bridgehead atoms. The number of halogens is 1. The Balaban J connectivity index is 1.81. The first-order valence-corrected chi connectivity index (χ1v) is 8.03. The first-order chi connectivity index (χ1) is 10.1. The van der Waals surface area contributed by atoms with Crippen molar-refractivity contribution in [2.24, 2.45) is 5.92 Å². The Bertz CT molecular complexity index is 484. The predicted octanol–water partition coefficient (Wildman–Crippen LogP) is 3.37. The van der Waals surface area contributed by atoms with Crippen molar-refractivity contribution in [2.75, 3.05) is 30.7 Å². The number of hydrogen-bond donors (Lipinski definition) is 2. The first kappa shape index (κ1) is 16.1. The Hall–Kier alpha value is -1.26. The molecule has 0 atom stereocenters. The summed E-state index contributed by atoms with van der Waals surface area (Å²) in [6.07, 6.45) is 4.94. The van der Waals surface area contributed by atoms with Gasteiger partial charge in [-0.25, -0.2) is 0 Å². The number of nitrogen functional groups attached to an aromatic ring is 1. The van der Waals surface area contributed by atoms with Crippen molar-refractivity contribution < 1.29 is 4.79 Å². The van der Waals surface area contributed by atoms with Crippen molar-refractivity contribution >= 4 is 28.9 Å². The van der Waals surface area contributed by atoms with Crippen LogP contribution in [0.25, 0.3) is 0 Å². The lowest BCUT2D eigenvalue weighted by atomic mass is 9.92. The largest absolute Gasteiger partial charge is 0.397 e. The third-order valence-electron chi connectivity index (χ3n) is 4.06. The van der Waals surface area contributed by atoms with Crippen LogP contribution in [0.3, 0.4) is 0 Å². The molecule has 21 heavy (non-hydrogen) atoms. The number of hydrogen-bond acceptors (Lipinski definition) is 3. The fourth-order valence-corrected chi connectivity index (χ4v) is 3.04. The molecule has 0 aromatic heterocycles. The van der Waals surface area contributed by atoms with Crippen LogP contribution in [0.4, 0.5) is 11.4 Å². The van der Waals surface area contributed by atoms with E-state index in [0.717, 1.165) is 19.0 Å². The topological polar surface area (TPSA) is 58.4 Å². The molecule has 0 spiro atoms. The van der Waals surface area contributed by atoms with Gasteiger partial charge in [-0.15, -0.1) is 0 Å². The lowest BCUT2D eigenvalue weighted by Gasteiger charge is -2.31. The van der Waals surface area contributed by atoms with Gasteiger partial charge in [0.2, 0.25) is 5.91 Å². The molecule has 1 aliphatic heterocycles. The summed E-state index contributed by atoms with van der Waals surface area (Å²) in [6.45, 7) is 4.66. The number of likely N-dealkylation sites (tertiary alicyclic amines) is 1. The second-order valence-corrected chi connectivity index (χ2v) is 6.22. The molecule has 4 nitrogen and oxygen atoms in total. The number of piperidine rings is 1. The van der Waals surface area contributed by atoms with Crippen molar-refractivity contribution in [3.63, 3.8) is 0 Å². The zero-order valence-corrected chi connectivity index (χ0v) is 13.3. The average molecular weight is 310 g/mol. The SMILES string of the molecule is CCCC1CCN(CC(=O)Nc2cc(Cl)ccc2N)CC1. The van der Waals surface area contributed by atoms with Gasteiger partial charge in [-0.1, -0.05) is 31.4 Å². The minimum absolute atomic E-state index is 0.0297. The zero-order chi connectivity index (χ0) is 15.2. The number of nitrogens with one attached hydrogen (secondary N) is 1. The van der Waals surface area contributed by atoms with Crippen molar-refractivity contribution in [3.8, 4) is 0 Å². The summed E-state index contributed by atoms with van der Waals surface area (Å²) in [5, 5.41) is 3.41. The Morgan fingerprint density at radius 2 is 2.14 bits per heavy atom. The van der Waals surface area contributed by atoms with Crippen LogP contribution >= 0.6 is 11.6 Å². The fraction of sp³-hybridized carbons (Fsp3) is 0.562. The molecule has 1 aromatic rings. The summed E-state index contributed by atoms with van der Waals surface area (Å²) >= 11 is 5.92. The molecule has 0 unspecified atom stereocenters. The molecule has 1 aliphatic rings. The van der Waals surface area contributed by atoms with Crippen LogP contribution in [-0.4, -0.2) is 30.4 Å². The average Bonchev–Trinajstić information content (AvgIpc) is 2.45. The molecule has 0 aliphatic carbocycles. The molecule has 1 aromatic carbocycles. The zero-order valence-electron chi connectivity index (χ0n) is 12.6. The molecular formula is C16H24ClN3O. The summed E-state index contributed by atoms with van der Waals surface area (Å²) in [7, 11) is 0. The highest BCUT2D eigenvalue weighted by Crippen LogP contribution is 2.24. The van der Waals surface area contributed by atoms with Gasteiger partial charge < -0.3 is 11.1 Å². The van der Waals surface area contributed by atoms with Gasteiger partial charge in [-0.3, -0.25) is 9.69 Å². The summed E-state index contributed by atoms with van der Waals surface area (Å²) in [6, 6.07) is 5.10. The maximum Gasteiger partial charge on any atom is 0.238 e. The molecule has 116 valence electrons. The molecule has 5 heteroatoms. The minimum atomic E-state index is -0.0297. The number of benzene rings is 1. The van der Waals surface area contributed by atoms with Crippen molar-refractivity contribution in [3.05, 3.63) is 23.2 Å². The van der Waals surface area contributed by atoms with E-state index in [1.165, 1.54) is 25.7 Å². The maximum absolute atomic E-state index is 12.1. The standard InChI is InChI=1S/C16H24ClN3O/c1-2-3-12-6-8-20(9-7-12)11-16(21)19-15-10-13(17)4-5-14(15)18/h4-5,10,12H,2-3,6-9,11,18H2,1H3,(H,19,21). The van der Waals surface area contributed by atoms with E-state index in [-0.39, 0.29) is 5.91 Å². The third-order valence-corrected chi connectivity index (χ3v) is 4.30. The van der Waals surface area contributed by atoms with E-state index in [1.807, 2.05) is 0 Å². The quantitative estimate of drug-likeness (QED) is 0.820. The lowest BCUT2D eigenvalue weighted by molar-refractivity contribution is -0.117. The van der Waals surface area contributed by atoms with Gasteiger partial charge in [-0.05, 0) is 50.0 Å².